The molecule has 1 rings (SSSR count). The second-order valence-electron chi connectivity index (χ2n) is 4.74. The summed E-state index contributed by atoms with van der Waals surface area (Å²) in [6, 6.07) is 8.28. The van der Waals surface area contributed by atoms with Crippen molar-refractivity contribution in [2.24, 2.45) is 4.99 Å². The van der Waals surface area contributed by atoms with Gasteiger partial charge < -0.3 is 10.6 Å². The number of aliphatic imine (C=N–C) groups is 1. The number of rotatable bonds is 7. The molecule has 0 aromatic heterocycles. The summed E-state index contributed by atoms with van der Waals surface area (Å²) in [6.45, 7) is 9.98. The van der Waals surface area contributed by atoms with Crippen LogP contribution in [0.2, 0.25) is 5.02 Å². The second-order valence-corrected chi connectivity index (χ2v) is 5.15. The molecule has 0 aliphatic carbocycles. The standard InChI is InChI=1S/C16H27ClN4/c1-5-19-16(18-4)20-12-15(21(6-2)7-3)13-10-8-9-11-14(13)17/h8-11,15H,5-7,12H2,1-4H3,(H2,18,19,20). The number of nitrogens with one attached hydrogen (secondary N) is 2. The topological polar surface area (TPSA) is 39.7 Å². The third-order valence-corrected chi connectivity index (χ3v) is 3.89. The molecule has 2 N–H and O–H groups in total. The molecule has 0 saturated heterocycles. The van der Waals surface area contributed by atoms with E-state index in [1.807, 2.05) is 18.2 Å². The van der Waals surface area contributed by atoms with Gasteiger partial charge in [-0.25, -0.2) is 0 Å². The Morgan fingerprint density at radius 2 is 1.86 bits per heavy atom. The molecule has 118 valence electrons. The number of likely N-dealkylation sites (N-methyl/N-ethyl adjacent to an activating group) is 1. The highest BCUT2D eigenvalue weighted by atomic mass is 35.5. The van der Waals surface area contributed by atoms with Crippen molar-refractivity contribution in [2.75, 3.05) is 33.2 Å². The van der Waals surface area contributed by atoms with E-state index in [9.17, 15) is 0 Å². The van der Waals surface area contributed by atoms with E-state index in [2.05, 4.69) is 47.4 Å². The van der Waals surface area contributed by atoms with Gasteiger partial charge in [-0.1, -0.05) is 43.6 Å². The van der Waals surface area contributed by atoms with Gasteiger partial charge in [-0.15, -0.1) is 0 Å². The lowest BCUT2D eigenvalue weighted by Crippen LogP contribution is -2.43. The molecule has 4 nitrogen and oxygen atoms in total. The van der Waals surface area contributed by atoms with Gasteiger partial charge in [0.05, 0.1) is 6.04 Å². The highest BCUT2D eigenvalue weighted by Crippen LogP contribution is 2.26. The van der Waals surface area contributed by atoms with E-state index in [1.54, 1.807) is 7.05 Å². The van der Waals surface area contributed by atoms with Gasteiger partial charge in [-0.05, 0) is 31.6 Å². The van der Waals surface area contributed by atoms with Crippen LogP contribution in [-0.2, 0) is 0 Å². The van der Waals surface area contributed by atoms with Crippen molar-refractivity contribution in [3.05, 3.63) is 34.9 Å². The first kappa shape index (κ1) is 17.8. The Morgan fingerprint density at radius 1 is 1.19 bits per heavy atom. The summed E-state index contributed by atoms with van der Waals surface area (Å²) in [4.78, 5) is 6.62. The van der Waals surface area contributed by atoms with Crippen LogP contribution in [0.5, 0.6) is 0 Å². The molecule has 21 heavy (non-hydrogen) atoms. The fourth-order valence-electron chi connectivity index (χ4n) is 2.43. The monoisotopic (exact) mass is 310 g/mol. The van der Waals surface area contributed by atoms with Crippen molar-refractivity contribution < 1.29 is 0 Å². The Balaban J connectivity index is 2.91. The van der Waals surface area contributed by atoms with Gasteiger partial charge in [-0.2, -0.15) is 0 Å². The van der Waals surface area contributed by atoms with Gasteiger partial charge in [0.1, 0.15) is 0 Å². The number of hydrogen-bond acceptors (Lipinski definition) is 2. The van der Waals surface area contributed by atoms with Crippen LogP contribution in [-0.4, -0.2) is 44.1 Å². The average Bonchev–Trinajstić information content (AvgIpc) is 2.51. The summed E-state index contributed by atoms with van der Waals surface area (Å²) < 4.78 is 0. The van der Waals surface area contributed by atoms with Gasteiger partial charge in [-0.3, -0.25) is 9.89 Å². The maximum absolute atomic E-state index is 6.39. The van der Waals surface area contributed by atoms with Crippen molar-refractivity contribution in [2.45, 2.75) is 26.8 Å². The van der Waals surface area contributed by atoms with Crippen LogP contribution >= 0.6 is 11.6 Å². The fraction of sp³-hybridized carbons (Fsp3) is 0.562. The second kappa shape index (κ2) is 9.64. The Kier molecular flexibility index (Phi) is 8.16. The van der Waals surface area contributed by atoms with Crippen molar-refractivity contribution in [1.82, 2.24) is 15.5 Å². The highest BCUT2D eigenvalue weighted by molar-refractivity contribution is 6.31. The lowest BCUT2D eigenvalue weighted by molar-refractivity contribution is 0.219. The number of hydrogen-bond donors (Lipinski definition) is 2. The van der Waals surface area contributed by atoms with Gasteiger partial charge >= 0.3 is 0 Å². The summed E-state index contributed by atoms with van der Waals surface area (Å²) in [7, 11) is 1.78. The highest BCUT2D eigenvalue weighted by Gasteiger charge is 2.20. The predicted molar refractivity (Wildman–Crippen MR) is 92.2 cm³/mol. The lowest BCUT2D eigenvalue weighted by Gasteiger charge is -2.31. The quantitative estimate of drug-likeness (QED) is 0.601. The van der Waals surface area contributed by atoms with Gasteiger partial charge in [0.2, 0.25) is 0 Å². The molecule has 1 unspecified atom stereocenters. The molecule has 5 heteroatoms. The molecular formula is C16H27ClN4. The zero-order chi connectivity index (χ0) is 15.7. The molecule has 0 bridgehead atoms. The molecule has 0 amide bonds. The molecule has 1 atom stereocenters. The number of benzene rings is 1. The van der Waals surface area contributed by atoms with Crippen molar-refractivity contribution in [3.63, 3.8) is 0 Å². The normalized spacial score (nSPS) is 13.3. The minimum atomic E-state index is 0.226. The van der Waals surface area contributed by atoms with E-state index in [1.165, 1.54) is 0 Å². The molecule has 0 spiro atoms. The molecule has 0 aliphatic heterocycles. The molecular weight excluding hydrogens is 284 g/mol. The van der Waals surface area contributed by atoms with Crippen LogP contribution in [0.15, 0.2) is 29.3 Å². The number of guanidine groups is 1. The average molecular weight is 311 g/mol. The first-order valence-corrected chi connectivity index (χ1v) is 7.98. The molecule has 0 aliphatic rings. The summed E-state index contributed by atoms with van der Waals surface area (Å²) in [5, 5.41) is 7.41. The Hall–Kier alpha value is -1.26. The molecule has 0 fully saturated rings. The molecule has 0 radical (unpaired) electrons. The summed E-state index contributed by atoms with van der Waals surface area (Å²) in [6.07, 6.45) is 0. The maximum Gasteiger partial charge on any atom is 0.191 e. The minimum absolute atomic E-state index is 0.226. The van der Waals surface area contributed by atoms with E-state index in [0.717, 1.165) is 42.7 Å². The molecule has 1 aromatic rings. The third kappa shape index (κ3) is 5.21. The van der Waals surface area contributed by atoms with Crippen LogP contribution in [0.3, 0.4) is 0 Å². The van der Waals surface area contributed by atoms with Crippen LogP contribution < -0.4 is 10.6 Å². The molecule has 0 saturated carbocycles. The smallest absolute Gasteiger partial charge is 0.191 e. The van der Waals surface area contributed by atoms with Crippen LogP contribution in [0.25, 0.3) is 0 Å². The van der Waals surface area contributed by atoms with Crippen LogP contribution in [0, 0.1) is 0 Å². The van der Waals surface area contributed by atoms with Crippen LogP contribution in [0.4, 0.5) is 0 Å². The van der Waals surface area contributed by atoms with E-state index in [0.29, 0.717) is 0 Å². The van der Waals surface area contributed by atoms with Crippen molar-refractivity contribution in [1.29, 1.82) is 0 Å². The van der Waals surface area contributed by atoms with Crippen molar-refractivity contribution in [3.8, 4) is 0 Å². The van der Waals surface area contributed by atoms with Gasteiger partial charge in [0, 0.05) is 25.2 Å². The Morgan fingerprint density at radius 3 is 2.38 bits per heavy atom. The zero-order valence-corrected chi connectivity index (χ0v) is 14.2. The van der Waals surface area contributed by atoms with E-state index >= 15 is 0 Å². The Bertz CT molecular complexity index is 444. The predicted octanol–water partition coefficient (Wildman–Crippen LogP) is 2.91. The summed E-state index contributed by atoms with van der Waals surface area (Å²) in [5.74, 6) is 0.821. The molecule has 0 heterocycles. The first-order valence-electron chi connectivity index (χ1n) is 7.60. The summed E-state index contributed by atoms with van der Waals surface area (Å²) >= 11 is 6.39. The van der Waals surface area contributed by atoms with E-state index < -0.39 is 0 Å². The minimum Gasteiger partial charge on any atom is -0.357 e. The van der Waals surface area contributed by atoms with Crippen LogP contribution in [0.1, 0.15) is 32.4 Å². The third-order valence-electron chi connectivity index (χ3n) is 3.55. The van der Waals surface area contributed by atoms with Gasteiger partial charge in [0.25, 0.3) is 0 Å². The molecule has 1 aromatic carbocycles. The number of nitrogens with zero attached hydrogens (tertiary/aromatic N) is 2. The largest absolute Gasteiger partial charge is 0.357 e. The first-order chi connectivity index (χ1) is 10.2. The Labute approximate surface area is 133 Å². The lowest BCUT2D eigenvalue weighted by atomic mass is 10.0. The zero-order valence-electron chi connectivity index (χ0n) is 13.5. The van der Waals surface area contributed by atoms with Crippen molar-refractivity contribution >= 4 is 17.6 Å². The van der Waals surface area contributed by atoms with Gasteiger partial charge in [0.15, 0.2) is 5.96 Å². The summed E-state index contributed by atoms with van der Waals surface area (Å²) in [5.41, 5.74) is 1.15. The van der Waals surface area contributed by atoms with E-state index in [4.69, 9.17) is 11.6 Å². The number of halogens is 1. The maximum atomic E-state index is 6.39. The van der Waals surface area contributed by atoms with E-state index in [-0.39, 0.29) is 6.04 Å². The fourth-order valence-corrected chi connectivity index (χ4v) is 2.69. The SMILES string of the molecule is CCNC(=NC)NCC(c1ccccc1Cl)N(CC)CC.